The highest BCUT2D eigenvalue weighted by atomic mass is 32.1. The summed E-state index contributed by atoms with van der Waals surface area (Å²) in [5.74, 6) is -3.65. The van der Waals surface area contributed by atoms with Crippen molar-refractivity contribution in [2.45, 2.75) is 19.6 Å². The third-order valence-corrected chi connectivity index (χ3v) is 6.55. The summed E-state index contributed by atoms with van der Waals surface area (Å²) >= 11 is 0.913. The monoisotopic (exact) mass is 560 g/mol. The van der Waals surface area contributed by atoms with E-state index in [9.17, 15) is 41.9 Å². The van der Waals surface area contributed by atoms with E-state index in [0.717, 1.165) is 28.0 Å². The summed E-state index contributed by atoms with van der Waals surface area (Å²) in [6.07, 6.45) is -3.76. The van der Waals surface area contributed by atoms with Crippen LogP contribution in [0.2, 0.25) is 0 Å². The maximum absolute atomic E-state index is 14.4. The van der Waals surface area contributed by atoms with Crippen molar-refractivity contribution in [3.8, 4) is 33.6 Å². The van der Waals surface area contributed by atoms with Gasteiger partial charge in [0.1, 0.15) is 23.3 Å². The molecule has 0 atom stereocenters. The number of carboxylic acids is 1. The van der Waals surface area contributed by atoms with E-state index in [1.54, 1.807) is 6.92 Å². The second-order valence-corrected chi connectivity index (χ2v) is 8.96. The van der Waals surface area contributed by atoms with Crippen molar-refractivity contribution in [1.82, 2.24) is 9.55 Å². The number of carbonyl (C=O) groups is 1. The average molecular weight is 560 g/mol. The van der Waals surface area contributed by atoms with E-state index in [1.807, 2.05) is 0 Å². The summed E-state index contributed by atoms with van der Waals surface area (Å²) in [6.45, 7) is 1.17. The van der Waals surface area contributed by atoms with E-state index < -0.39 is 47.0 Å². The lowest BCUT2D eigenvalue weighted by atomic mass is 10.1. The number of benzene rings is 1. The molecule has 3 heterocycles. The molecule has 1 aromatic carbocycles. The summed E-state index contributed by atoms with van der Waals surface area (Å²) in [6, 6.07) is 7.03. The van der Waals surface area contributed by atoms with E-state index in [-0.39, 0.29) is 39.7 Å². The number of carbonyl (C=O) groups excluding carboxylic acids is 1. The first-order valence-corrected chi connectivity index (χ1v) is 11.9. The zero-order valence-corrected chi connectivity index (χ0v) is 20.6. The minimum atomic E-state index is -5.05. The number of thiophene rings is 1. The van der Waals surface area contributed by atoms with Crippen LogP contribution in [0.25, 0.3) is 21.7 Å². The summed E-state index contributed by atoms with van der Waals surface area (Å²) in [7, 11) is 0. The van der Waals surface area contributed by atoms with Crippen LogP contribution in [0.3, 0.4) is 0 Å². The molecule has 0 bridgehead atoms. The maximum atomic E-state index is 14.4. The maximum Gasteiger partial charge on any atom is 0.417 e. The Labute approximate surface area is 221 Å². The topological polar surface area (TPSA) is 108 Å². The van der Waals surface area contributed by atoms with Gasteiger partial charge in [-0.3, -0.25) is 4.79 Å². The molecule has 0 spiro atoms. The fourth-order valence-electron chi connectivity index (χ4n) is 3.79. The summed E-state index contributed by atoms with van der Waals surface area (Å²) < 4.78 is 75.1. The molecule has 200 valence electrons. The molecule has 7 nitrogen and oxygen atoms in total. The number of halogens is 5. The highest BCUT2D eigenvalue weighted by Crippen LogP contribution is 2.37. The van der Waals surface area contributed by atoms with Crippen LogP contribution in [0.1, 0.15) is 34.0 Å². The molecule has 4 rings (SSSR count). The van der Waals surface area contributed by atoms with E-state index in [0.29, 0.717) is 17.7 Å². The quantitative estimate of drug-likeness (QED) is 0.306. The van der Waals surface area contributed by atoms with E-state index in [4.69, 9.17) is 4.74 Å². The fraction of sp³-hybridized carbons (Fsp3) is 0.154. The number of nitriles is 1. The van der Waals surface area contributed by atoms with Gasteiger partial charge in [0.15, 0.2) is 0 Å². The van der Waals surface area contributed by atoms with Crippen molar-refractivity contribution < 1.29 is 36.6 Å². The lowest BCUT2D eigenvalue weighted by Crippen LogP contribution is -2.28. The van der Waals surface area contributed by atoms with Crippen LogP contribution in [0.5, 0.6) is 5.88 Å². The number of ether oxygens (including phenoxy) is 1. The molecule has 0 fully saturated rings. The number of hydrogen-bond acceptors (Lipinski definition) is 7. The Morgan fingerprint density at radius 3 is 2.54 bits per heavy atom. The Balaban J connectivity index is 1.90. The number of aromatic carboxylic acids is 1. The van der Waals surface area contributed by atoms with Gasteiger partial charge in [0.25, 0.3) is 5.56 Å². The Morgan fingerprint density at radius 1 is 1.18 bits per heavy atom. The van der Waals surface area contributed by atoms with Crippen LogP contribution < -0.4 is 15.4 Å². The molecular weight excluding hydrogens is 545 g/mol. The van der Waals surface area contributed by atoms with Gasteiger partial charge in [-0.2, -0.15) is 18.4 Å². The zero-order chi connectivity index (χ0) is 28.5. The Kier molecular flexibility index (Phi) is 7.51. The van der Waals surface area contributed by atoms with E-state index in [1.165, 1.54) is 29.8 Å². The van der Waals surface area contributed by atoms with Crippen LogP contribution >= 0.6 is 11.3 Å². The molecule has 3 aromatic heterocycles. The Morgan fingerprint density at radius 2 is 1.92 bits per heavy atom. The van der Waals surface area contributed by atoms with Gasteiger partial charge in [-0.05, 0) is 42.1 Å². The minimum absolute atomic E-state index is 0.114. The molecule has 13 heteroatoms. The van der Waals surface area contributed by atoms with Crippen LogP contribution in [0.4, 0.5) is 22.0 Å². The zero-order valence-electron chi connectivity index (χ0n) is 19.8. The minimum Gasteiger partial charge on any atom is -0.545 e. The second-order valence-electron chi connectivity index (χ2n) is 8.05. The highest BCUT2D eigenvalue weighted by Gasteiger charge is 2.37. The first kappa shape index (κ1) is 27.5. The van der Waals surface area contributed by atoms with Crippen molar-refractivity contribution in [3.63, 3.8) is 0 Å². The molecule has 0 amide bonds. The number of pyridine rings is 2. The predicted octanol–water partition coefficient (Wildman–Crippen LogP) is 4.62. The lowest BCUT2D eigenvalue weighted by Gasteiger charge is -2.17. The summed E-state index contributed by atoms with van der Waals surface area (Å²) in [5, 5.41) is 22.4. The molecule has 0 aliphatic carbocycles. The number of hydrogen-bond donors (Lipinski definition) is 0. The Hall–Kier alpha value is -4.57. The smallest absolute Gasteiger partial charge is 0.417 e. The number of nitrogens with zero attached hydrogens (tertiary/aromatic N) is 3. The van der Waals surface area contributed by atoms with Gasteiger partial charge >= 0.3 is 6.18 Å². The molecule has 4 aromatic rings. The summed E-state index contributed by atoms with van der Waals surface area (Å²) in [5.41, 5.74) is -4.19. The van der Waals surface area contributed by atoms with Crippen LogP contribution in [0.15, 0.2) is 52.8 Å². The number of alkyl halides is 3. The van der Waals surface area contributed by atoms with Gasteiger partial charge in [0, 0.05) is 23.4 Å². The van der Waals surface area contributed by atoms with Crippen LogP contribution in [-0.4, -0.2) is 22.1 Å². The molecule has 0 radical (unpaired) electrons. The molecule has 0 aliphatic rings. The van der Waals surface area contributed by atoms with E-state index >= 15 is 0 Å². The predicted molar refractivity (Wildman–Crippen MR) is 128 cm³/mol. The Bertz CT molecular complexity index is 1690. The van der Waals surface area contributed by atoms with Crippen molar-refractivity contribution in [2.75, 3.05) is 6.61 Å². The first-order chi connectivity index (χ1) is 18.4. The van der Waals surface area contributed by atoms with Crippen molar-refractivity contribution in [2.24, 2.45) is 0 Å². The van der Waals surface area contributed by atoms with Crippen molar-refractivity contribution in [3.05, 3.63) is 92.2 Å². The van der Waals surface area contributed by atoms with E-state index in [2.05, 4.69) is 4.98 Å². The highest BCUT2D eigenvalue weighted by molar-refractivity contribution is 7.14. The third kappa shape index (κ3) is 5.51. The fourth-order valence-corrected chi connectivity index (χ4v) is 4.73. The number of rotatable bonds is 7. The summed E-state index contributed by atoms with van der Waals surface area (Å²) in [4.78, 5) is 28.7. The second kappa shape index (κ2) is 10.7. The molecule has 0 unspecified atom stereocenters. The number of carboxylic acid groups (broad SMARTS) is 1. The molecule has 0 saturated heterocycles. The third-order valence-electron chi connectivity index (χ3n) is 5.60. The SMILES string of the molecule is CCOc1ncc(-c2csc(-c3cc(C(F)(F)F)c(C#N)c(=O)n3Cc3ccc(F)cc3F)c2)cc1C(=O)[O-]. The van der Waals surface area contributed by atoms with Gasteiger partial charge in [-0.1, -0.05) is 6.07 Å². The van der Waals surface area contributed by atoms with Gasteiger partial charge in [0.05, 0.1) is 40.8 Å². The normalized spacial score (nSPS) is 11.3. The molecule has 39 heavy (non-hydrogen) atoms. The van der Waals surface area contributed by atoms with Gasteiger partial charge in [0.2, 0.25) is 5.88 Å². The molecule has 0 N–H and O–H groups in total. The van der Waals surface area contributed by atoms with Crippen molar-refractivity contribution >= 4 is 17.3 Å². The largest absolute Gasteiger partial charge is 0.545 e. The van der Waals surface area contributed by atoms with Crippen molar-refractivity contribution in [1.29, 1.82) is 5.26 Å². The van der Waals surface area contributed by atoms with Gasteiger partial charge in [-0.15, -0.1) is 11.3 Å². The van der Waals surface area contributed by atoms with Gasteiger partial charge in [-0.25, -0.2) is 13.8 Å². The average Bonchev–Trinajstić information content (AvgIpc) is 3.36. The van der Waals surface area contributed by atoms with Crippen LogP contribution in [-0.2, 0) is 12.7 Å². The number of aromatic nitrogens is 2. The molecule has 0 saturated carbocycles. The standard InChI is InChI=1S/C26H16F5N3O4S/c1-2-38-23-17(25(36)37)5-14(10-33-23)15-6-22(39-12-15)21-8-19(26(29,30)31)18(9-32)24(35)34(21)11-13-3-4-16(27)7-20(13)28/h3-8,10,12H,2,11H2,1H3,(H,36,37)/p-1. The lowest BCUT2D eigenvalue weighted by molar-refractivity contribution is -0.255. The molecule has 0 aliphatic heterocycles. The van der Waals surface area contributed by atoms with Gasteiger partial charge < -0.3 is 19.2 Å². The van der Waals surface area contributed by atoms with Crippen LogP contribution in [0, 0.1) is 23.0 Å². The molecular formula is C26H15F5N3O4S-. The first-order valence-electron chi connectivity index (χ1n) is 11.1.